The predicted molar refractivity (Wildman–Crippen MR) is 53.5 cm³/mol. The Labute approximate surface area is 82.1 Å². The van der Waals surface area contributed by atoms with Gasteiger partial charge in [0.05, 0.1) is 12.8 Å². The van der Waals surface area contributed by atoms with Crippen LogP contribution < -0.4 is 10.1 Å². The van der Waals surface area contributed by atoms with Crippen molar-refractivity contribution in [3.8, 4) is 5.19 Å². The van der Waals surface area contributed by atoms with Gasteiger partial charge >= 0.3 is 0 Å². The molecule has 0 amide bonds. The van der Waals surface area contributed by atoms with E-state index >= 15 is 0 Å². The van der Waals surface area contributed by atoms with E-state index in [2.05, 4.69) is 15.7 Å². The van der Waals surface area contributed by atoms with E-state index in [-0.39, 0.29) is 0 Å². The van der Waals surface area contributed by atoms with E-state index in [1.807, 2.05) is 0 Å². The number of rotatable bonds is 2. The second-order valence-corrected chi connectivity index (χ2v) is 4.09. The van der Waals surface area contributed by atoms with Gasteiger partial charge in [-0.25, -0.2) is 4.98 Å². The molecule has 0 unspecified atom stereocenters. The number of hydrogen-bond acceptors (Lipinski definition) is 4. The first-order chi connectivity index (χ1) is 6.40. The van der Waals surface area contributed by atoms with Gasteiger partial charge < -0.3 is 10.1 Å². The van der Waals surface area contributed by atoms with Crippen LogP contribution in [0.2, 0.25) is 0 Å². The molecule has 1 aromatic heterocycles. The SMILES string of the molecule is COc1nc(C2CCNCC2)cs1. The summed E-state index contributed by atoms with van der Waals surface area (Å²) >= 11 is 1.59. The van der Waals surface area contributed by atoms with E-state index < -0.39 is 0 Å². The van der Waals surface area contributed by atoms with Crippen LogP contribution in [0.3, 0.4) is 0 Å². The predicted octanol–water partition coefficient (Wildman–Crippen LogP) is 1.62. The van der Waals surface area contributed by atoms with Crippen molar-refractivity contribution in [2.24, 2.45) is 0 Å². The van der Waals surface area contributed by atoms with Gasteiger partial charge in [-0.3, -0.25) is 0 Å². The zero-order valence-electron chi connectivity index (χ0n) is 7.75. The molecule has 1 aromatic rings. The zero-order chi connectivity index (χ0) is 9.10. The minimum Gasteiger partial charge on any atom is -0.473 e. The number of nitrogens with zero attached hydrogens (tertiary/aromatic N) is 1. The van der Waals surface area contributed by atoms with Gasteiger partial charge in [-0.2, -0.15) is 0 Å². The average Bonchev–Trinajstić information content (AvgIpc) is 2.67. The lowest BCUT2D eigenvalue weighted by atomic mass is 9.96. The van der Waals surface area contributed by atoms with Gasteiger partial charge in [0.1, 0.15) is 0 Å². The largest absolute Gasteiger partial charge is 0.473 e. The van der Waals surface area contributed by atoms with Crippen molar-refractivity contribution in [1.29, 1.82) is 0 Å². The fourth-order valence-corrected chi connectivity index (χ4v) is 2.39. The quantitative estimate of drug-likeness (QED) is 0.784. The van der Waals surface area contributed by atoms with Crippen molar-refractivity contribution in [1.82, 2.24) is 10.3 Å². The number of methoxy groups -OCH3 is 1. The highest BCUT2D eigenvalue weighted by Gasteiger charge is 2.17. The molecule has 1 saturated heterocycles. The minimum absolute atomic E-state index is 0.640. The van der Waals surface area contributed by atoms with Crippen LogP contribution in [0, 0.1) is 0 Å². The number of ether oxygens (including phenoxy) is 1. The van der Waals surface area contributed by atoms with Crippen molar-refractivity contribution < 1.29 is 4.74 Å². The van der Waals surface area contributed by atoms with Gasteiger partial charge in [-0.05, 0) is 25.9 Å². The molecule has 2 heterocycles. The molecule has 72 valence electrons. The van der Waals surface area contributed by atoms with Crippen LogP contribution in [0.15, 0.2) is 5.38 Å². The Balaban J connectivity index is 2.05. The molecule has 13 heavy (non-hydrogen) atoms. The minimum atomic E-state index is 0.640. The molecule has 0 atom stereocenters. The molecule has 1 fully saturated rings. The molecule has 1 aliphatic rings. The van der Waals surface area contributed by atoms with Crippen LogP contribution in [0.4, 0.5) is 0 Å². The highest BCUT2D eigenvalue weighted by atomic mass is 32.1. The Bertz CT molecular complexity index is 268. The Morgan fingerprint density at radius 2 is 2.31 bits per heavy atom. The lowest BCUT2D eigenvalue weighted by molar-refractivity contribution is 0.404. The van der Waals surface area contributed by atoms with Crippen LogP contribution in [-0.4, -0.2) is 25.2 Å². The maximum atomic E-state index is 5.08. The van der Waals surface area contributed by atoms with Gasteiger partial charge in [0.2, 0.25) is 0 Å². The van der Waals surface area contributed by atoms with Crippen LogP contribution >= 0.6 is 11.3 Å². The second kappa shape index (κ2) is 4.07. The van der Waals surface area contributed by atoms with E-state index in [1.54, 1.807) is 18.4 Å². The van der Waals surface area contributed by atoms with Gasteiger partial charge in [0, 0.05) is 11.3 Å². The molecular weight excluding hydrogens is 184 g/mol. The van der Waals surface area contributed by atoms with Gasteiger partial charge in [-0.1, -0.05) is 11.3 Å². The summed E-state index contributed by atoms with van der Waals surface area (Å²) in [6.07, 6.45) is 2.40. The summed E-state index contributed by atoms with van der Waals surface area (Å²) in [7, 11) is 1.67. The summed E-state index contributed by atoms with van der Waals surface area (Å²) < 4.78 is 5.08. The fourth-order valence-electron chi connectivity index (χ4n) is 1.67. The Kier molecular flexibility index (Phi) is 2.80. The number of hydrogen-bond donors (Lipinski definition) is 1. The lowest BCUT2D eigenvalue weighted by Crippen LogP contribution is -2.26. The zero-order valence-corrected chi connectivity index (χ0v) is 8.56. The number of nitrogens with one attached hydrogen (secondary N) is 1. The molecule has 0 spiro atoms. The van der Waals surface area contributed by atoms with E-state index in [0.29, 0.717) is 5.92 Å². The summed E-state index contributed by atoms with van der Waals surface area (Å²) in [5.41, 5.74) is 1.21. The standard InChI is InChI=1S/C9H14N2OS/c1-12-9-11-8(6-13-9)7-2-4-10-5-3-7/h6-7,10H,2-5H2,1H3. The van der Waals surface area contributed by atoms with E-state index in [1.165, 1.54) is 18.5 Å². The second-order valence-electron chi connectivity index (χ2n) is 3.27. The molecular formula is C9H14N2OS. The molecule has 3 nitrogen and oxygen atoms in total. The first-order valence-electron chi connectivity index (χ1n) is 4.60. The van der Waals surface area contributed by atoms with Gasteiger partial charge in [0.25, 0.3) is 5.19 Å². The Morgan fingerprint density at radius 1 is 1.54 bits per heavy atom. The lowest BCUT2D eigenvalue weighted by Gasteiger charge is -2.20. The highest BCUT2D eigenvalue weighted by molar-refractivity contribution is 7.11. The summed E-state index contributed by atoms with van der Waals surface area (Å²) in [4.78, 5) is 4.42. The van der Waals surface area contributed by atoms with Crippen LogP contribution in [0.5, 0.6) is 5.19 Å². The molecule has 0 aromatic carbocycles. The van der Waals surface area contributed by atoms with Crippen molar-refractivity contribution in [3.05, 3.63) is 11.1 Å². The van der Waals surface area contributed by atoms with Crippen LogP contribution in [0.1, 0.15) is 24.5 Å². The number of aromatic nitrogens is 1. The molecule has 2 rings (SSSR count). The molecule has 1 N–H and O–H groups in total. The van der Waals surface area contributed by atoms with Crippen molar-refractivity contribution in [2.75, 3.05) is 20.2 Å². The summed E-state index contributed by atoms with van der Waals surface area (Å²) in [5.74, 6) is 0.640. The van der Waals surface area contributed by atoms with Gasteiger partial charge in [0.15, 0.2) is 0 Å². The summed E-state index contributed by atoms with van der Waals surface area (Å²) in [6.45, 7) is 2.23. The maximum absolute atomic E-state index is 5.08. The van der Waals surface area contributed by atoms with Gasteiger partial charge in [-0.15, -0.1) is 0 Å². The molecule has 4 heteroatoms. The molecule has 0 radical (unpaired) electrons. The highest BCUT2D eigenvalue weighted by Crippen LogP contribution is 2.28. The van der Waals surface area contributed by atoms with E-state index in [0.717, 1.165) is 18.3 Å². The van der Waals surface area contributed by atoms with Crippen molar-refractivity contribution >= 4 is 11.3 Å². The molecule has 1 aliphatic heterocycles. The van der Waals surface area contributed by atoms with Crippen molar-refractivity contribution in [3.63, 3.8) is 0 Å². The van der Waals surface area contributed by atoms with E-state index in [9.17, 15) is 0 Å². The maximum Gasteiger partial charge on any atom is 0.273 e. The molecule has 0 saturated carbocycles. The Morgan fingerprint density at radius 3 is 2.92 bits per heavy atom. The van der Waals surface area contributed by atoms with E-state index in [4.69, 9.17) is 4.74 Å². The number of piperidine rings is 1. The van der Waals surface area contributed by atoms with Crippen molar-refractivity contribution in [2.45, 2.75) is 18.8 Å². The number of thiazole rings is 1. The average molecular weight is 198 g/mol. The Hall–Kier alpha value is -0.610. The first kappa shape index (κ1) is 8.97. The third-order valence-electron chi connectivity index (χ3n) is 2.43. The molecule has 0 aliphatic carbocycles. The van der Waals surface area contributed by atoms with Crippen LogP contribution in [0.25, 0.3) is 0 Å². The first-order valence-corrected chi connectivity index (χ1v) is 5.48. The summed E-state index contributed by atoms with van der Waals surface area (Å²) in [5, 5.41) is 6.26. The third-order valence-corrected chi connectivity index (χ3v) is 3.25. The smallest absolute Gasteiger partial charge is 0.273 e. The fraction of sp³-hybridized carbons (Fsp3) is 0.667. The summed E-state index contributed by atoms with van der Waals surface area (Å²) in [6, 6.07) is 0. The van der Waals surface area contributed by atoms with Crippen LogP contribution in [-0.2, 0) is 0 Å². The monoisotopic (exact) mass is 198 g/mol. The third kappa shape index (κ3) is 2.00. The molecule has 0 bridgehead atoms. The normalized spacial score (nSPS) is 18.8. The topological polar surface area (TPSA) is 34.1 Å².